The van der Waals surface area contributed by atoms with Crippen molar-refractivity contribution in [3.63, 3.8) is 0 Å². The first kappa shape index (κ1) is 16.8. The van der Waals surface area contributed by atoms with Gasteiger partial charge in [-0.1, -0.05) is 5.04 Å². The van der Waals surface area contributed by atoms with Crippen LogP contribution in [0, 0.1) is 0 Å². The minimum atomic E-state index is 0. The number of hydrogen-bond donors (Lipinski definition) is 2. The van der Waals surface area contributed by atoms with Crippen molar-refractivity contribution in [1.29, 1.82) is 0 Å². The van der Waals surface area contributed by atoms with Crippen molar-refractivity contribution in [2.75, 3.05) is 0 Å². The van der Waals surface area contributed by atoms with Crippen LogP contribution in [0.2, 0.25) is 0 Å². The van der Waals surface area contributed by atoms with Gasteiger partial charge in [0.25, 0.3) is 0 Å². The van der Waals surface area contributed by atoms with E-state index in [0.717, 1.165) is 0 Å². The van der Waals surface area contributed by atoms with Crippen LogP contribution in [0.3, 0.4) is 0 Å². The Kier molecular flexibility index (Phi) is 69.0. The van der Waals surface area contributed by atoms with E-state index < -0.39 is 0 Å². The third-order valence-corrected chi connectivity index (χ3v) is 0. The van der Waals surface area contributed by atoms with Crippen LogP contribution in [0.15, 0.2) is 0 Å². The van der Waals surface area contributed by atoms with Gasteiger partial charge in [-0.05, 0) is 0 Å². The summed E-state index contributed by atoms with van der Waals surface area (Å²) in [5, 5.41) is 15.5. The normalized spacial score (nSPS) is 3.60. The average Bonchev–Trinajstić information content (AvgIpc) is 0.918. The van der Waals surface area contributed by atoms with Crippen LogP contribution in [0.1, 0.15) is 0 Å². The maximum Gasteiger partial charge on any atom is 0 e. The molecule has 2 N–H and O–H groups in total. The minimum Gasteiger partial charge on any atom is -0.221 e. The minimum absolute atomic E-state index is 0. The molecule has 0 saturated carbocycles. The Balaban J connectivity index is -0.0000000200. The Morgan fingerprint density at radius 2 is 1.20 bits per heavy atom. The van der Waals surface area contributed by atoms with Crippen LogP contribution in [0.25, 0.3) is 0 Å². The Bertz CT molecular complexity index is 6.85. The second kappa shape index (κ2) is 20.5. The third-order valence-electron chi connectivity index (χ3n) is 0. The van der Waals surface area contributed by atoms with Crippen LogP contribution in [0.4, 0.5) is 0 Å². The molecule has 0 aromatic heterocycles. The first-order valence-electron chi connectivity index (χ1n) is 0.365. The molecular formula is H2FeMnO3. The van der Waals surface area contributed by atoms with Gasteiger partial charge in [-0.3, -0.25) is 0 Å². The molecule has 35 valence electrons. The van der Waals surface area contributed by atoms with Crippen LogP contribution >= 0.6 is 0 Å². The molecule has 5 heteroatoms. The first-order chi connectivity index (χ1) is 1.41. The molecule has 0 amide bonds. The zero-order valence-corrected chi connectivity index (χ0v) is 4.32. The molecule has 0 atom stereocenters. The average molecular weight is 161 g/mol. The molecular weight excluding hydrogens is 159 g/mol. The van der Waals surface area contributed by atoms with Crippen molar-refractivity contribution in [3.05, 3.63) is 0 Å². The summed E-state index contributed by atoms with van der Waals surface area (Å²) in [5.41, 5.74) is 0. The smallest absolute Gasteiger partial charge is 0 e. The zero-order chi connectivity index (χ0) is 2.71. The van der Waals surface area contributed by atoms with E-state index in [1.165, 1.54) is 0 Å². The van der Waals surface area contributed by atoms with Crippen molar-refractivity contribution in [3.8, 4) is 0 Å². The summed E-state index contributed by atoms with van der Waals surface area (Å²) in [6.45, 7) is 0. The van der Waals surface area contributed by atoms with Gasteiger partial charge < -0.3 is 0 Å². The van der Waals surface area contributed by atoms with Gasteiger partial charge in [0, 0.05) is 34.1 Å². The molecule has 0 unspecified atom stereocenters. The van der Waals surface area contributed by atoms with Gasteiger partial charge in [-0.15, -0.1) is 0 Å². The van der Waals surface area contributed by atoms with Gasteiger partial charge in [0.1, 0.15) is 0 Å². The Morgan fingerprint density at radius 3 is 1.20 bits per heavy atom. The fourth-order valence-electron chi connectivity index (χ4n) is 0. The number of hydrogen-bond acceptors (Lipinski definition) is 3. The summed E-state index contributed by atoms with van der Waals surface area (Å²) in [4.78, 5) is 0. The summed E-state index contributed by atoms with van der Waals surface area (Å²) >= 11 is 0. The van der Waals surface area contributed by atoms with E-state index in [1.54, 1.807) is 0 Å². The molecule has 0 aliphatic rings. The Morgan fingerprint density at radius 1 is 1.20 bits per heavy atom. The fourth-order valence-corrected chi connectivity index (χ4v) is 0. The predicted molar refractivity (Wildman–Crippen MR) is 6.34 cm³/mol. The molecule has 0 aromatic carbocycles. The molecule has 0 aliphatic heterocycles. The molecule has 5 heavy (non-hydrogen) atoms. The maximum absolute atomic E-state index is 6.62. The van der Waals surface area contributed by atoms with Crippen LogP contribution < -0.4 is 0 Å². The van der Waals surface area contributed by atoms with Crippen LogP contribution in [0.5, 0.6) is 0 Å². The maximum atomic E-state index is 6.62. The summed E-state index contributed by atoms with van der Waals surface area (Å²) in [6, 6.07) is 0. The molecule has 0 heterocycles. The topological polar surface area (TPSA) is 49.7 Å². The van der Waals surface area contributed by atoms with Gasteiger partial charge in [0.05, 0.1) is 0 Å². The van der Waals surface area contributed by atoms with E-state index in [0.29, 0.717) is 0 Å². The predicted octanol–water partition coefficient (Wildman–Crippen LogP) is -0.0560. The molecule has 0 saturated heterocycles. The second-order valence-electron chi connectivity index (χ2n) is 0.0816. The Hall–Kier alpha value is 0.919. The van der Waals surface area contributed by atoms with Crippen LogP contribution in [-0.2, 0) is 39.2 Å². The molecule has 0 aromatic rings. The van der Waals surface area contributed by atoms with E-state index in [9.17, 15) is 0 Å². The quantitative estimate of drug-likeness (QED) is 0.297. The van der Waals surface area contributed by atoms with Crippen molar-refractivity contribution in [2.24, 2.45) is 0 Å². The van der Waals surface area contributed by atoms with Crippen molar-refractivity contribution < 1.29 is 49.7 Å². The molecule has 3 nitrogen and oxygen atoms in total. The molecule has 0 spiro atoms. The largest absolute Gasteiger partial charge is 0.221 e. The summed E-state index contributed by atoms with van der Waals surface area (Å²) < 4.78 is 0. The van der Waals surface area contributed by atoms with Gasteiger partial charge in [-0.2, -0.15) is 0 Å². The van der Waals surface area contributed by atoms with Gasteiger partial charge >= 0.3 is 0 Å². The van der Waals surface area contributed by atoms with E-state index in [1.807, 2.05) is 0 Å². The summed E-state index contributed by atoms with van der Waals surface area (Å²) in [5.74, 6) is 0. The first-order valence-corrected chi connectivity index (χ1v) is 0.365. The fraction of sp³-hybridized carbons (Fsp3) is 0. The standard InChI is InChI=1S/Fe.Mn.H2O3/c;;1-3-2/h;;1-2H. The van der Waals surface area contributed by atoms with Gasteiger partial charge in [0.15, 0.2) is 0 Å². The van der Waals surface area contributed by atoms with Crippen molar-refractivity contribution in [1.82, 2.24) is 0 Å². The summed E-state index contributed by atoms with van der Waals surface area (Å²) in [7, 11) is 0. The summed E-state index contributed by atoms with van der Waals surface area (Å²) in [6.07, 6.45) is 0. The zero-order valence-electron chi connectivity index (χ0n) is 2.03. The van der Waals surface area contributed by atoms with E-state index in [4.69, 9.17) is 10.5 Å². The van der Waals surface area contributed by atoms with Crippen molar-refractivity contribution >= 4 is 0 Å². The third kappa shape index (κ3) is 49.6. The molecule has 0 aliphatic carbocycles. The monoisotopic (exact) mass is 161 g/mol. The van der Waals surface area contributed by atoms with E-state index in [2.05, 4.69) is 5.04 Å². The molecule has 1 radical (unpaired) electrons. The Labute approximate surface area is 50.1 Å². The van der Waals surface area contributed by atoms with E-state index >= 15 is 0 Å². The number of rotatable bonds is 0. The molecule has 0 fully saturated rings. The second-order valence-corrected chi connectivity index (χ2v) is 0.0816. The van der Waals surface area contributed by atoms with Crippen molar-refractivity contribution in [2.45, 2.75) is 0 Å². The molecule has 0 bridgehead atoms. The van der Waals surface area contributed by atoms with Gasteiger partial charge in [0.2, 0.25) is 0 Å². The van der Waals surface area contributed by atoms with E-state index in [-0.39, 0.29) is 34.1 Å². The van der Waals surface area contributed by atoms with Crippen LogP contribution in [-0.4, -0.2) is 10.5 Å². The molecule has 0 rings (SSSR count). The SMILES string of the molecule is OOO.[Fe].[Mn]. The van der Waals surface area contributed by atoms with Gasteiger partial charge in [-0.25, -0.2) is 10.5 Å².